The lowest BCUT2D eigenvalue weighted by Crippen LogP contribution is -2.40. The van der Waals surface area contributed by atoms with Gasteiger partial charge >= 0.3 is 5.97 Å². The Hall–Kier alpha value is -1.42. The van der Waals surface area contributed by atoms with E-state index < -0.39 is 5.97 Å². The first kappa shape index (κ1) is 16.0. The van der Waals surface area contributed by atoms with Gasteiger partial charge in [-0.3, -0.25) is 0 Å². The second-order valence-corrected chi connectivity index (χ2v) is 6.29. The lowest BCUT2D eigenvalue weighted by molar-refractivity contribution is 0.0696. The van der Waals surface area contributed by atoms with Crippen LogP contribution in [-0.2, 0) is 6.54 Å². The molecule has 2 atom stereocenters. The average molecular weight is 293 g/mol. The average Bonchev–Trinajstić information content (AvgIpc) is 2.46. The number of hydrogen-bond donors (Lipinski definition) is 2. The molecule has 0 aromatic heterocycles. The van der Waals surface area contributed by atoms with Crippen molar-refractivity contribution in [2.75, 3.05) is 0 Å². The molecule has 2 rings (SSSR count). The van der Waals surface area contributed by atoms with Gasteiger partial charge < -0.3 is 10.4 Å². The highest BCUT2D eigenvalue weighted by molar-refractivity contribution is 5.87. The minimum atomic E-state index is -1.02. The summed E-state index contributed by atoms with van der Waals surface area (Å²) in [4.78, 5) is 11.0. The fourth-order valence-corrected chi connectivity index (χ4v) is 3.30. The van der Waals surface area contributed by atoms with Crippen LogP contribution in [0.4, 0.5) is 4.39 Å². The van der Waals surface area contributed by atoms with Crippen molar-refractivity contribution in [1.29, 1.82) is 0 Å². The molecule has 1 saturated carbocycles. The zero-order chi connectivity index (χ0) is 15.4. The van der Waals surface area contributed by atoms with Crippen molar-refractivity contribution in [3.05, 3.63) is 35.1 Å². The lowest BCUT2D eigenvalue weighted by Gasteiger charge is -2.35. The van der Waals surface area contributed by atoms with Crippen molar-refractivity contribution < 1.29 is 14.3 Å². The van der Waals surface area contributed by atoms with Gasteiger partial charge in [-0.05, 0) is 42.9 Å². The summed E-state index contributed by atoms with van der Waals surface area (Å²) in [5.74, 6) is -0.138. The van der Waals surface area contributed by atoms with Gasteiger partial charge in [0.05, 0.1) is 5.56 Å². The van der Waals surface area contributed by atoms with Gasteiger partial charge in [-0.2, -0.15) is 0 Å². The molecule has 1 aliphatic rings. The van der Waals surface area contributed by atoms with E-state index in [-0.39, 0.29) is 11.4 Å². The first-order valence-corrected chi connectivity index (χ1v) is 7.74. The van der Waals surface area contributed by atoms with Crippen LogP contribution in [0.2, 0.25) is 0 Å². The third kappa shape index (κ3) is 4.03. The van der Waals surface area contributed by atoms with E-state index in [0.717, 1.165) is 6.42 Å². The molecule has 21 heavy (non-hydrogen) atoms. The van der Waals surface area contributed by atoms with Crippen molar-refractivity contribution >= 4 is 5.97 Å². The Bertz CT molecular complexity index is 502. The van der Waals surface area contributed by atoms with Gasteiger partial charge in [0.1, 0.15) is 5.82 Å². The highest BCUT2D eigenvalue weighted by Crippen LogP contribution is 2.30. The molecular weight excluding hydrogens is 269 g/mol. The summed E-state index contributed by atoms with van der Waals surface area (Å²) in [5.41, 5.74) is 0.570. The Morgan fingerprint density at radius 1 is 1.38 bits per heavy atom. The summed E-state index contributed by atoms with van der Waals surface area (Å²) in [7, 11) is 0. The number of carboxylic acid groups (broad SMARTS) is 1. The molecule has 0 radical (unpaired) electrons. The van der Waals surface area contributed by atoms with Gasteiger partial charge in [-0.15, -0.1) is 0 Å². The number of rotatable bonds is 5. The largest absolute Gasteiger partial charge is 0.478 e. The Morgan fingerprint density at radius 3 is 2.76 bits per heavy atom. The molecule has 2 N–H and O–H groups in total. The normalized spacial score (nSPS) is 22.5. The zero-order valence-corrected chi connectivity index (χ0v) is 12.7. The molecule has 4 heteroatoms. The molecule has 0 aliphatic heterocycles. The minimum absolute atomic E-state index is 0.136. The number of carbonyl (C=O) groups is 1. The fourth-order valence-electron chi connectivity index (χ4n) is 3.30. The number of aromatic carboxylic acids is 1. The number of carboxylic acids is 1. The van der Waals surface area contributed by atoms with Crippen molar-refractivity contribution in [3.63, 3.8) is 0 Å². The Labute approximate surface area is 125 Å². The van der Waals surface area contributed by atoms with Gasteiger partial charge in [0.15, 0.2) is 0 Å². The summed E-state index contributed by atoms with van der Waals surface area (Å²) in [6.45, 7) is 4.85. The van der Waals surface area contributed by atoms with Crippen LogP contribution in [0.3, 0.4) is 0 Å². The summed E-state index contributed by atoms with van der Waals surface area (Å²) >= 11 is 0. The Balaban J connectivity index is 2.04. The quantitative estimate of drug-likeness (QED) is 0.867. The van der Waals surface area contributed by atoms with Crippen molar-refractivity contribution in [2.24, 2.45) is 11.8 Å². The summed E-state index contributed by atoms with van der Waals surface area (Å²) < 4.78 is 13.8. The molecule has 1 aromatic rings. The van der Waals surface area contributed by atoms with E-state index in [1.807, 2.05) is 0 Å². The maximum Gasteiger partial charge on any atom is 0.335 e. The maximum atomic E-state index is 13.8. The molecule has 0 spiro atoms. The molecule has 1 aliphatic carbocycles. The molecule has 0 amide bonds. The highest BCUT2D eigenvalue weighted by Gasteiger charge is 2.27. The molecule has 2 unspecified atom stereocenters. The lowest BCUT2D eigenvalue weighted by atomic mass is 9.78. The number of benzene rings is 1. The third-order valence-corrected chi connectivity index (χ3v) is 4.52. The predicted octanol–water partition coefficient (Wildman–Crippen LogP) is 3.83. The van der Waals surface area contributed by atoms with Crippen LogP contribution >= 0.6 is 0 Å². The zero-order valence-electron chi connectivity index (χ0n) is 12.7. The summed E-state index contributed by atoms with van der Waals surface area (Å²) in [6.07, 6.45) is 4.80. The van der Waals surface area contributed by atoms with Gasteiger partial charge in [0.25, 0.3) is 0 Å². The minimum Gasteiger partial charge on any atom is -0.478 e. The topological polar surface area (TPSA) is 49.3 Å². The fraction of sp³-hybridized carbons (Fsp3) is 0.588. The number of nitrogens with one attached hydrogen (secondary N) is 1. The third-order valence-electron chi connectivity index (χ3n) is 4.52. The SMILES string of the molecule is CC(C)C1CCCCC1NCc1cc(C(=O)O)ccc1F. The van der Waals surface area contributed by atoms with Gasteiger partial charge in [0.2, 0.25) is 0 Å². The van der Waals surface area contributed by atoms with Gasteiger partial charge in [-0.1, -0.05) is 26.7 Å². The Morgan fingerprint density at radius 2 is 2.10 bits per heavy atom. The highest BCUT2D eigenvalue weighted by atomic mass is 19.1. The predicted molar refractivity (Wildman–Crippen MR) is 80.8 cm³/mol. The van der Waals surface area contributed by atoms with Crippen molar-refractivity contribution in [1.82, 2.24) is 5.32 Å². The molecule has 0 saturated heterocycles. The standard InChI is InChI=1S/C17H24FNO2/c1-11(2)14-5-3-4-6-16(14)19-10-13-9-12(17(20)21)7-8-15(13)18/h7-9,11,14,16,19H,3-6,10H2,1-2H3,(H,20,21). The van der Waals surface area contributed by atoms with Crippen LogP contribution < -0.4 is 5.32 Å². The van der Waals surface area contributed by atoms with E-state index in [4.69, 9.17) is 5.11 Å². The van der Waals surface area contributed by atoms with E-state index in [2.05, 4.69) is 19.2 Å². The molecule has 1 aromatic carbocycles. The second-order valence-electron chi connectivity index (χ2n) is 6.29. The maximum absolute atomic E-state index is 13.8. The van der Waals surface area contributed by atoms with E-state index >= 15 is 0 Å². The first-order valence-electron chi connectivity index (χ1n) is 7.74. The van der Waals surface area contributed by atoms with Crippen LogP contribution in [-0.4, -0.2) is 17.1 Å². The van der Waals surface area contributed by atoms with Crippen molar-refractivity contribution in [2.45, 2.75) is 52.1 Å². The van der Waals surface area contributed by atoms with Crippen LogP contribution in [0.5, 0.6) is 0 Å². The summed E-state index contributed by atoms with van der Waals surface area (Å²) in [5, 5.41) is 12.4. The molecule has 1 fully saturated rings. The second kappa shape index (κ2) is 7.03. The number of halogens is 1. The van der Waals surface area contributed by atoms with E-state index in [0.29, 0.717) is 30.0 Å². The van der Waals surface area contributed by atoms with Crippen LogP contribution in [0.1, 0.15) is 55.5 Å². The Kier molecular flexibility index (Phi) is 5.34. The first-order chi connectivity index (χ1) is 9.99. The molecule has 0 bridgehead atoms. The van der Waals surface area contributed by atoms with Crippen LogP contribution in [0.15, 0.2) is 18.2 Å². The van der Waals surface area contributed by atoms with Crippen LogP contribution in [0, 0.1) is 17.7 Å². The van der Waals surface area contributed by atoms with Gasteiger partial charge in [-0.25, -0.2) is 9.18 Å². The van der Waals surface area contributed by atoms with Gasteiger partial charge in [0, 0.05) is 18.2 Å². The summed E-state index contributed by atoms with van der Waals surface area (Å²) in [6, 6.07) is 4.37. The van der Waals surface area contributed by atoms with Crippen molar-refractivity contribution in [3.8, 4) is 0 Å². The molecule has 0 heterocycles. The smallest absolute Gasteiger partial charge is 0.335 e. The van der Waals surface area contributed by atoms with E-state index in [1.165, 1.54) is 37.5 Å². The molecule has 3 nitrogen and oxygen atoms in total. The molecular formula is C17H24FNO2. The monoisotopic (exact) mass is 293 g/mol. The van der Waals surface area contributed by atoms with E-state index in [1.54, 1.807) is 0 Å². The van der Waals surface area contributed by atoms with E-state index in [9.17, 15) is 9.18 Å². The van der Waals surface area contributed by atoms with Crippen LogP contribution in [0.25, 0.3) is 0 Å². The number of hydrogen-bond acceptors (Lipinski definition) is 2. The molecule has 116 valence electrons.